The fourth-order valence-corrected chi connectivity index (χ4v) is 3.78. The summed E-state index contributed by atoms with van der Waals surface area (Å²) in [4.78, 5) is 2.47. The van der Waals surface area contributed by atoms with Crippen LogP contribution in [0.2, 0.25) is 0 Å². The third kappa shape index (κ3) is 3.13. The lowest BCUT2D eigenvalue weighted by atomic mass is 9.88. The van der Waals surface area contributed by atoms with Crippen LogP contribution < -0.4 is 5.32 Å². The van der Waals surface area contributed by atoms with Crippen molar-refractivity contribution < 1.29 is 9.47 Å². The van der Waals surface area contributed by atoms with Gasteiger partial charge < -0.3 is 19.7 Å². The zero-order chi connectivity index (χ0) is 13.3. The molecule has 4 nitrogen and oxygen atoms in total. The normalized spacial score (nSPS) is 36.9. The average Bonchev–Trinajstić information content (AvgIpc) is 2.86. The van der Waals surface area contributed by atoms with Crippen LogP contribution in [0.5, 0.6) is 0 Å². The van der Waals surface area contributed by atoms with E-state index in [4.69, 9.17) is 9.47 Å². The predicted molar refractivity (Wildman–Crippen MR) is 75.1 cm³/mol. The minimum Gasteiger partial charge on any atom is -0.348 e. The Morgan fingerprint density at radius 1 is 1.05 bits per heavy atom. The van der Waals surface area contributed by atoms with Crippen LogP contribution in [0.1, 0.15) is 45.4 Å². The van der Waals surface area contributed by atoms with Crippen LogP contribution >= 0.6 is 0 Å². The molecule has 2 unspecified atom stereocenters. The first-order chi connectivity index (χ1) is 9.17. The Morgan fingerprint density at radius 3 is 2.37 bits per heavy atom. The summed E-state index contributed by atoms with van der Waals surface area (Å²) in [7, 11) is 2.24. The minimum atomic E-state index is -0.210. The maximum atomic E-state index is 5.79. The van der Waals surface area contributed by atoms with Crippen molar-refractivity contribution in [2.45, 2.75) is 69.4 Å². The van der Waals surface area contributed by atoms with Crippen LogP contribution in [0.15, 0.2) is 0 Å². The van der Waals surface area contributed by atoms with Gasteiger partial charge in [-0.1, -0.05) is 0 Å². The fraction of sp³-hybridized carbons (Fsp3) is 1.00. The average molecular weight is 268 g/mol. The fourth-order valence-electron chi connectivity index (χ4n) is 3.78. The molecule has 2 aliphatic heterocycles. The molecule has 3 fully saturated rings. The topological polar surface area (TPSA) is 33.7 Å². The van der Waals surface area contributed by atoms with E-state index in [-0.39, 0.29) is 5.79 Å². The third-order valence-electron chi connectivity index (χ3n) is 5.24. The van der Waals surface area contributed by atoms with Crippen molar-refractivity contribution in [3.05, 3.63) is 0 Å². The highest BCUT2D eigenvalue weighted by Gasteiger charge is 2.40. The first-order valence-electron chi connectivity index (χ1n) is 7.91. The first kappa shape index (κ1) is 13.8. The van der Waals surface area contributed by atoms with Crippen LogP contribution in [0.25, 0.3) is 0 Å². The summed E-state index contributed by atoms with van der Waals surface area (Å²) >= 11 is 0. The molecular weight excluding hydrogens is 240 g/mol. The smallest absolute Gasteiger partial charge is 0.168 e. The molecule has 1 spiro atoms. The second-order valence-electron chi connectivity index (χ2n) is 6.60. The van der Waals surface area contributed by atoms with E-state index in [1.165, 1.54) is 32.2 Å². The van der Waals surface area contributed by atoms with Crippen molar-refractivity contribution in [2.75, 3.05) is 26.8 Å². The van der Waals surface area contributed by atoms with Gasteiger partial charge in [-0.25, -0.2) is 0 Å². The molecule has 2 atom stereocenters. The molecule has 0 aromatic heterocycles. The van der Waals surface area contributed by atoms with Crippen LogP contribution in [-0.4, -0.2) is 55.6 Å². The summed E-state index contributed by atoms with van der Waals surface area (Å²) in [6, 6.07) is 2.08. The van der Waals surface area contributed by atoms with Gasteiger partial charge in [-0.05, 0) is 46.2 Å². The summed E-state index contributed by atoms with van der Waals surface area (Å²) in [6.07, 6.45) is 7.09. The third-order valence-corrected chi connectivity index (χ3v) is 5.24. The van der Waals surface area contributed by atoms with E-state index in [1.807, 2.05) is 0 Å². The van der Waals surface area contributed by atoms with Crippen molar-refractivity contribution in [3.63, 3.8) is 0 Å². The number of hydrogen-bond donors (Lipinski definition) is 1. The summed E-state index contributed by atoms with van der Waals surface area (Å²) < 4.78 is 11.6. The molecule has 4 heteroatoms. The van der Waals surface area contributed by atoms with Gasteiger partial charge in [-0.15, -0.1) is 0 Å². The molecular formula is C15H28N2O2. The van der Waals surface area contributed by atoms with E-state index in [1.54, 1.807) is 0 Å². The zero-order valence-corrected chi connectivity index (χ0v) is 12.4. The van der Waals surface area contributed by atoms with E-state index < -0.39 is 0 Å². The van der Waals surface area contributed by atoms with E-state index >= 15 is 0 Å². The molecule has 0 radical (unpaired) electrons. The Hall–Kier alpha value is -0.160. The zero-order valence-electron chi connectivity index (χ0n) is 12.4. The second kappa shape index (κ2) is 5.68. The van der Waals surface area contributed by atoms with E-state index in [9.17, 15) is 0 Å². The largest absolute Gasteiger partial charge is 0.348 e. The highest BCUT2D eigenvalue weighted by Crippen LogP contribution is 2.36. The summed E-state index contributed by atoms with van der Waals surface area (Å²) in [5, 5.41) is 3.88. The summed E-state index contributed by atoms with van der Waals surface area (Å²) in [5.41, 5.74) is 0. The highest BCUT2D eigenvalue weighted by molar-refractivity contribution is 4.89. The van der Waals surface area contributed by atoms with Gasteiger partial charge in [0.05, 0.1) is 13.2 Å². The van der Waals surface area contributed by atoms with Crippen molar-refractivity contribution in [3.8, 4) is 0 Å². The van der Waals surface area contributed by atoms with Gasteiger partial charge in [0.15, 0.2) is 5.79 Å². The Bertz CT molecular complexity index is 295. The molecule has 1 N–H and O–H groups in total. The molecule has 110 valence electrons. The van der Waals surface area contributed by atoms with Crippen LogP contribution in [-0.2, 0) is 9.47 Å². The molecule has 1 saturated carbocycles. The molecule has 0 aromatic rings. The number of piperidine rings is 1. The lowest BCUT2D eigenvalue weighted by Gasteiger charge is -2.40. The standard InChI is InChI=1S/C15H28N2O2/c1-12-11-14(5-8-17(12)2)16-13-3-6-15(7-4-13)18-9-10-19-15/h12-14,16H,3-11H2,1-2H3. The molecule has 3 aliphatic rings. The van der Waals surface area contributed by atoms with Crippen LogP contribution in [0.3, 0.4) is 0 Å². The van der Waals surface area contributed by atoms with Gasteiger partial charge in [0, 0.05) is 31.0 Å². The van der Waals surface area contributed by atoms with Crippen LogP contribution in [0, 0.1) is 0 Å². The maximum Gasteiger partial charge on any atom is 0.168 e. The van der Waals surface area contributed by atoms with Gasteiger partial charge >= 0.3 is 0 Å². The molecule has 0 aromatic carbocycles. The number of ether oxygens (including phenoxy) is 2. The predicted octanol–water partition coefficient (Wildman–Crippen LogP) is 1.74. The quantitative estimate of drug-likeness (QED) is 0.827. The van der Waals surface area contributed by atoms with Gasteiger partial charge in [-0.3, -0.25) is 0 Å². The lowest BCUT2D eigenvalue weighted by Crippen LogP contribution is -2.50. The SMILES string of the molecule is CC1CC(NC2CCC3(CC2)OCCO3)CCN1C. The van der Waals surface area contributed by atoms with Crippen molar-refractivity contribution in [2.24, 2.45) is 0 Å². The van der Waals surface area contributed by atoms with E-state index in [0.717, 1.165) is 26.1 Å². The number of hydrogen-bond acceptors (Lipinski definition) is 4. The Kier molecular flexibility index (Phi) is 4.13. The summed E-state index contributed by atoms with van der Waals surface area (Å²) in [6.45, 7) is 5.13. The Balaban J connectivity index is 1.44. The highest BCUT2D eigenvalue weighted by atomic mass is 16.7. The molecule has 1 aliphatic carbocycles. The second-order valence-corrected chi connectivity index (χ2v) is 6.60. The Labute approximate surface area is 116 Å². The first-order valence-corrected chi connectivity index (χ1v) is 7.91. The van der Waals surface area contributed by atoms with E-state index in [2.05, 4.69) is 24.2 Å². The number of nitrogens with one attached hydrogen (secondary N) is 1. The minimum absolute atomic E-state index is 0.210. The van der Waals surface area contributed by atoms with Gasteiger partial charge in [0.1, 0.15) is 0 Å². The number of nitrogens with zero attached hydrogens (tertiary/aromatic N) is 1. The number of rotatable bonds is 2. The van der Waals surface area contributed by atoms with Gasteiger partial charge in [-0.2, -0.15) is 0 Å². The van der Waals surface area contributed by atoms with Crippen molar-refractivity contribution in [1.82, 2.24) is 10.2 Å². The van der Waals surface area contributed by atoms with Gasteiger partial charge in [0.2, 0.25) is 0 Å². The van der Waals surface area contributed by atoms with E-state index in [0.29, 0.717) is 18.1 Å². The summed E-state index contributed by atoms with van der Waals surface area (Å²) in [5.74, 6) is -0.210. The van der Waals surface area contributed by atoms with Crippen LogP contribution in [0.4, 0.5) is 0 Å². The lowest BCUT2D eigenvalue weighted by molar-refractivity contribution is -0.179. The van der Waals surface area contributed by atoms with Gasteiger partial charge in [0.25, 0.3) is 0 Å². The molecule has 0 bridgehead atoms. The monoisotopic (exact) mass is 268 g/mol. The number of likely N-dealkylation sites (tertiary alicyclic amines) is 1. The molecule has 2 saturated heterocycles. The molecule has 0 amide bonds. The van der Waals surface area contributed by atoms with Crippen molar-refractivity contribution >= 4 is 0 Å². The molecule has 19 heavy (non-hydrogen) atoms. The maximum absolute atomic E-state index is 5.79. The molecule has 2 heterocycles. The Morgan fingerprint density at radius 2 is 1.74 bits per heavy atom. The van der Waals surface area contributed by atoms with Crippen molar-refractivity contribution in [1.29, 1.82) is 0 Å². The molecule has 3 rings (SSSR count).